The van der Waals surface area contributed by atoms with Gasteiger partial charge in [-0.2, -0.15) is 0 Å². The highest BCUT2D eigenvalue weighted by molar-refractivity contribution is 6.00. The fourth-order valence-electron chi connectivity index (χ4n) is 2.31. The van der Waals surface area contributed by atoms with Crippen LogP contribution in [0.4, 0.5) is 0 Å². The van der Waals surface area contributed by atoms with Crippen LogP contribution in [0.15, 0.2) is 31.8 Å². The molecular weight excluding hydrogens is 216 g/mol. The summed E-state index contributed by atoms with van der Waals surface area (Å²) in [6.07, 6.45) is 0. The van der Waals surface area contributed by atoms with Crippen molar-refractivity contribution in [1.29, 1.82) is 0 Å². The number of aryl methyl sites for hydroxylation is 3. The summed E-state index contributed by atoms with van der Waals surface area (Å²) in [5.41, 5.74) is 3.06. The minimum absolute atomic E-state index is 0.331. The van der Waals surface area contributed by atoms with Crippen molar-refractivity contribution in [2.45, 2.75) is 20.8 Å². The Morgan fingerprint density at radius 2 is 1.59 bits per heavy atom. The molecule has 0 unspecified atom stereocenters. The molecule has 0 spiro atoms. The molecule has 0 bridgehead atoms. The Balaban J connectivity index is 2.67. The first-order chi connectivity index (χ1) is 8.08. The summed E-state index contributed by atoms with van der Waals surface area (Å²) in [6, 6.07) is 5.28. The Bertz CT molecular complexity index is 790. The smallest absolute Gasteiger partial charge is 0.336 e. The molecule has 3 aromatic rings. The Morgan fingerprint density at radius 3 is 2.35 bits per heavy atom. The predicted octanol–water partition coefficient (Wildman–Crippen LogP) is 3.46. The van der Waals surface area contributed by atoms with Gasteiger partial charge in [-0.1, -0.05) is 0 Å². The first-order valence-corrected chi connectivity index (χ1v) is 5.51. The molecule has 0 saturated heterocycles. The van der Waals surface area contributed by atoms with Gasteiger partial charge in [0, 0.05) is 22.4 Å². The second kappa shape index (κ2) is 3.23. The lowest BCUT2D eigenvalue weighted by Crippen LogP contribution is -1.97. The quantitative estimate of drug-likeness (QED) is 0.553. The molecule has 0 amide bonds. The molecule has 0 aliphatic heterocycles. The van der Waals surface area contributed by atoms with E-state index >= 15 is 0 Å². The maximum atomic E-state index is 11.3. The number of benzene rings is 1. The summed E-state index contributed by atoms with van der Waals surface area (Å²) in [5.74, 6) is 0.865. The van der Waals surface area contributed by atoms with Crippen LogP contribution < -0.4 is 5.63 Å². The lowest BCUT2D eigenvalue weighted by atomic mass is 10.0. The maximum Gasteiger partial charge on any atom is 0.336 e. The summed E-state index contributed by atoms with van der Waals surface area (Å²) < 4.78 is 10.9. The number of fused-ring (bicyclic) bond motifs is 2. The van der Waals surface area contributed by atoms with Crippen molar-refractivity contribution in [3.63, 3.8) is 0 Å². The van der Waals surface area contributed by atoms with Gasteiger partial charge in [-0.05, 0) is 38.5 Å². The van der Waals surface area contributed by atoms with Gasteiger partial charge in [0.05, 0.1) is 0 Å². The Hall–Kier alpha value is -2.03. The van der Waals surface area contributed by atoms with Gasteiger partial charge in [-0.3, -0.25) is 0 Å². The van der Waals surface area contributed by atoms with E-state index in [9.17, 15) is 4.79 Å². The van der Waals surface area contributed by atoms with Crippen LogP contribution in [0.3, 0.4) is 0 Å². The first-order valence-electron chi connectivity index (χ1n) is 5.51. The van der Waals surface area contributed by atoms with Gasteiger partial charge in [-0.15, -0.1) is 0 Å². The van der Waals surface area contributed by atoms with Crippen LogP contribution in [-0.2, 0) is 0 Å². The predicted molar refractivity (Wildman–Crippen MR) is 66.5 cm³/mol. The summed E-state index contributed by atoms with van der Waals surface area (Å²) >= 11 is 0. The van der Waals surface area contributed by atoms with E-state index in [1.54, 1.807) is 0 Å². The van der Waals surface area contributed by atoms with E-state index in [-0.39, 0.29) is 5.63 Å². The molecular formula is C14H12O3. The van der Waals surface area contributed by atoms with Crippen LogP contribution in [0.2, 0.25) is 0 Å². The van der Waals surface area contributed by atoms with Crippen LogP contribution in [0.1, 0.15) is 16.9 Å². The van der Waals surface area contributed by atoms with Crippen molar-refractivity contribution in [3.05, 3.63) is 45.5 Å². The number of hydrogen-bond acceptors (Lipinski definition) is 3. The first kappa shape index (κ1) is 10.1. The van der Waals surface area contributed by atoms with Crippen LogP contribution in [0.25, 0.3) is 21.9 Å². The van der Waals surface area contributed by atoms with Crippen molar-refractivity contribution in [2.24, 2.45) is 0 Å². The lowest BCUT2D eigenvalue weighted by molar-refractivity contribution is 0.552. The van der Waals surface area contributed by atoms with E-state index in [0.29, 0.717) is 5.58 Å². The van der Waals surface area contributed by atoms with E-state index in [4.69, 9.17) is 8.83 Å². The van der Waals surface area contributed by atoms with Crippen molar-refractivity contribution in [1.82, 2.24) is 0 Å². The van der Waals surface area contributed by atoms with Gasteiger partial charge in [0.2, 0.25) is 0 Å². The highest BCUT2D eigenvalue weighted by Crippen LogP contribution is 2.33. The van der Waals surface area contributed by atoms with E-state index in [1.165, 1.54) is 6.07 Å². The van der Waals surface area contributed by atoms with Crippen molar-refractivity contribution in [2.75, 3.05) is 0 Å². The molecule has 0 radical (unpaired) electrons. The highest BCUT2D eigenvalue weighted by atomic mass is 16.4. The zero-order valence-electron chi connectivity index (χ0n) is 9.96. The maximum absolute atomic E-state index is 11.3. The Kier molecular flexibility index (Phi) is 1.93. The van der Waals surface area contributed by atoms with Gasteiger partial charge in [0.25, 0.3) is 0 Å². The SMILES string of the molecule is Cc1cc2c(C)c3ccc(=O)oc3c(C)c2o1. The monoisotopic (exact) mass is 228 g/mol. The van der Waals surface area contributed by atoms with E-state index in [0.717, 1.165) is 33.2 Å². The largest absolute Gasteiger partial charge is 0.461 e. The van der Waals surface area contributed by atoms with E-state index in [1.807, 2.05) is 32.9 Å². The summed E-state index contributed by atoms with van der Waals surface area (Å²) in [6.45, 7) is 5.84. The average molecular weight is 228 g/mol. The van der Waals surface area contributed by atoms with Crippen LogP contribution in [0.5, 0.6) is 0 Å². The molecule has 3 rings (SSSR count). The third-order valence-corrected chi connectivity index (χ3v) is 3.18. The fourth-order valence-corrected chi connectivity index (χ4v) is 2.31. The average Bonchev–Trinajstić information content (AvgIpc) is 2.68. The standard InChI is InChI=1S/C14H12O3/c1-7-6-11-8(2)10-4-5-12(15)17-13(10)9(3)14(11)16-7/h4-6H,1-3H3. The normalized spacial score (nSPS) is 11.5. The van der Waals surface area contributed by atoms with Crippen LogP contribution in [-0.4, -0.2) is 0 Å². The molecule has 0 saturated carbocycles. The summed E-state index contributed by atoms with van der Waals surface area (Å²) in [5, 5.41) is 2.05. The van der Waals surface area contributed by atoms with Gasteiger partial charge >= 0.3 is 5.63 Å². The minimum Gasteiger partial charge on any atom is -0.461 e. The summed E-state index contributed by atoms with van der Waals surface area (Å²) in [7, 11) is 0. The number of furan rings is 1. The molecule has 3 heteroatoms. The minimum atomic E-state index is -0.331. The van der Waals surface area contributed by atoms with E-state index < -0.39 is 0 Å². The molecule has 0 N–H and O–H groups in total. The third kappa shape index (κ3) is 1.32. The van der Waals surface area contributed by atoms with Gasteiger partial charge in [0.1, 0.15) is 16.9 Å². The molecule has 0 atom stereocenters. The Labute approximate surface area is 97.7 Å². The van der Waals surface area contributed by atoms with Crippen molar-refractivity contribution < 1.29 is 8.83 Å². The fraction of sp³-hybridized carbons (Fsp3) is 0.214. The molecule has 17 heavy (non-hydrogen) atoms. The van der Waals surface area contributed by atoms with Crippen molar-refractivity contribution >= 4 is 21.9 Å². The van der Waals surface area contributed by atoms with Gasteiger partial charge in [-0.25, -0.2) is 4.79 Å². The van der Waals surface area contributed by atoms with Crippen LogP contribution in [0, 0.1) is 20.8 Å². The number of rotatable bonds is 0. The van der Waals surface area contributed by atoms with Gasteiger partial charge in [0.15, 0.2) is 0 Å². The molecule has 1 aromatic carbocycles. The zero-order valence-corrected chi connectivity index (χ0v) is 9.96. The third-order valence-electron chi connectivity index (χ3n) is 3.18. The second-order valence-corrected chi connectivity index (χ2v) is 4.35. The molecule has 86 valence electrons. The zero-order chi connectivity index (χ0) is 12.2. The van der Waals surface area contributed by atoms with Crippen molar-refractivity contribution in [3.8, 4) is 0 Å². The second-order valence-electron chi connectivity index (χ2n) is 4.35. The molecule has 0 fully saturated rings. The summed E-state index contributed by atoms with van der Waals surface area (Å²) in [4.78, 5) is 11.3. The number of hydrogen-bond donors (Lipinski definition) is 0. The molecule has 2 heterocycles. The topological polar surface area (TPSA) is 43.4 Å². The molecule has 0 aliphatic rings. The lowest BCUT2D eigenvalue weighted by Gasteiger charge is -2.05. The van der Waals surface area contributed by atoms with Crippen LogP contribution >= 0.6 is 0 Å². The van der Waals surface area contributed by atoms with Gasteiger partial charge < -0.3 is 8.83 Å². The van der Waals surface area contributed by atoms with E-state index in [2.05, 4.69) is 0 Å². The molecule has 0 aliphatic carbocycles. The molecule has 3 nitrogen and oxygen atoms in total. The Morgan fingerprint density at radius 1 is 0.882 bits per heavy atom. The highest BCUT2D eigenvalue weighted by Gasteiger charge is 2.14. The molecule has 2 aromatic heterocycles.